The fourth-order valence-electron chi connectivity index (χ4n) is 5.56. The first-order valence-electron chi connectivity index (χ1n) is 21.9. The molecule has 0 saturated heterocycles. The maximum atomic E-state index is 12.3. The minimum Gasteiger partial charge on any atom is -0.394 e. The van der Waals surface area contributed by atoms with Gasteiger partial charge in [-0.3, -0.25) is 4.79 Å². The van der Waals surface area contributed by atoms with E-state index in [1.807, 2.05) is 6.08 Å². The number of rotatable bonds is 37. The third-order valence-electron chi connectivity index (χ3n) is 8.89. The van der Waals surface area contributed by atoms with Crippen LogP contribution in [0.25, 0.3) is 0 Å². The molecule has 0 aromatic heterocycles. The molecular weight excluding hydrogens is 675 g/mol. The van der Waals surface area contributed by atoms with E-state index in [0.29, 0.717) is 6.42 Å². The molecule has 0 aromatic rings. The van der Waals surface area contributed by atoms with Gasteiger partial charge in [0.05, 0.1) is 18.8 Å². The Kier molecular flexibility index (Phi) is 42.1. The molecule has 0 aliphatic heterocycles. The van der Waals surface area contributed by atoms with Gasteiger partial charge in [-0.15, -0.1) is 0 Å². The molecule has 55 heavy (non-hydrogen) atoms. The summed E-state index contributed by atoms with van der Waals surface area (Å²) in [6.45, 7) is 4.13. The van der Waals surface area contributed by atoms with Crippen molar-refractivity contribution in [2.75, 3.05) is 6.61 Å². The molecule has 2 atom stereocenters. The highest BCUT2D eigenvalue weighted by Crippen LogP contribution is 2.10. The number of carbonyl (C=O) groups excluding carboxylic acids is 1. The Morgan fingerprint density at radius 1 is 0.455 bits per heavy atom. The number of amides is 1. The Morgan fingerprint density at radius 2 is 0.800 bits per heavy atom. The highest BCUT2D eigenvalue weighted by atomic mass is 16.3. The topological polar surface area (TPSA) is 69.6 Å². The Balaban J connectivity index is 3.77. The molecular formula is C51H81NO3. The lowest BCUT2D eigenvalue weighted by atomic mass is 10.1. The molecule has 4 nitrogen and oxygen atoms in total. The van der Waals surface area contributed by atoms with Gasteiger partial charge in [-0.25, -0.2) is 0 Å². The Hall–Kier alpha value is -3.47. The van der Waals surface area contributed by atoms with Crippen molar-refractivity contribution in [3.63, 3.8) is 0 Å². The lowest BCUT2D eigenvalue weighted by Crippen LogP contribution is -2.45. The van der Waals surface area contributed by atoms with Gasteiger partial charge in [0.25, 0.3) is 0 Å². The van der Waals surface area contributed by atoms with Crippen molar-refractivity contribution in [3.8, 4) is 0 Å². The summed E-state index contributed by atoms with van der Waals surface area (Å²) in [7, 11) is 0. The first-order valence-corrected chi connectivity index (χ1v) is 21.9. The van der Waals surface area contributed by atoms with Gasteiger partial charge in [-0.1, -0.05) is 192 Å². The van der Waals surface area contributed by atoms with Gasteiger partial charge < -0.3 is 15.5 Å². The number of hydrogen-bond donors (Lipinski definition) is 3. The van der Waals surface area contributed by atoms with E-state index in [9.17, 15) is 15.0 Å². The third kappa shape index (κ3) is 41.5. The molecule has 0 aromatic carbocycles. The van der Waals surface area contributed by atoms with E-state index in [2.05, 4.69) is 141 Å². The number of unbranched alkanes of at least 4 members (excludes halogenated alkanes) is 10. The molecule has 2 unspecified atom stereocenters. The largest absolute Gasteiger partial charge is 0.394 e. The zero-order valence-electron chi connectivity index (χ0n) is 35.1. The summed E-state index contributed by atoms with van der Waals surface area (Å²) in [5.74, 6) is -0.116. The van der Waals surface area contributed by atoms with Crippen molar-refractivity contribution in [2.45, 2.75) is 174 Å². The molecule has 0 saturated carbocycles. The van der Waals surface area contributed by atoms with E-state index in [4.69, 9.17) is 0 Å². The summed E-state index contributed by atoms with van der Waals surface area (Å²) in [6.07, 6.45) is 71.3. The molecule has 3 N–H and O–H groups in total. The lowest BCUT2D eigenvalue weighted by Gasteiger charge is -2.19. The van der Waals surface area contributed by atoms with Crippen molar-refractivity contribution < 1.29 is 15.0 Å². The predicted molar refractivity (Wildman–Crippen MR) is 243 cm³/mol. The number of carbonyl (C=O) groups is 1. The first-order chi connectivity index (χ1) is 27.2. The molecule has 0 aliphatic rings. The van der Waals surface area contributed by atoms with E-state index in [1.54, 1.807) is 6.08 Å². The number of allylic oxidation sites excluding steroid dienone is 21. The Morgan fingerprint density at radius 3 is 1.20 bits per heavy atom. The van der Waals surface area contributed by atoms with Crippen molar-refractivity contribution in [1.82, 2.24) is 5.32 Å². The zero-order chi connectivity index (χ0) is 40.0. The van der Waals surface area contributed by atoms with Crippen molar-refractivity contribution in [1.29, 1.82) is 0 Å². The molecule has 4 heteroatoms. The van der Waals surface area contributed by atoms with Gasteiger partial charge in [-0.05, 0) is 96.3 Å². The zero-order valence-corrected chi connectivity index (χ0v) is 35.1. The van der Waals surface area contributed by atoms with Crippen LogP contribution in [0.4, 0.5) is 0 Å². The van der Waals surface area contributed by atoms with Crippen LogP contribution < -0.4 is 5.32 Å². The average Bonchev–Trinajstić information content (AvgIpc) is 3.19. The maximum Gasteiger partial charge on any atom is 0.220 e. The Labute approximate surface area is 339 Å². The third-order valence-corrected chi connectivity index (χ3v) is 8.89. The van der Waals surface area contributed by atoms with E-state index >= 15 is 0 Å². The average molecular weight is 756 g/mol. The smallest absolute Gasteiger partial charge is 0.220 e. The van der Waals surface area contributed by atoms with E-state index in [-0.39, 0.29) is 12.5 Å². The van der Waals surface area contributed by atoms with Gasteiger partial charge in [0.1, 0.15) is 0 Å². The standard InChI is InChI=1S/C51H81NO3/c1-3-5-7-9-11-13-15-16-17-18-19-20-21-22-23-24-25-26-27-28-29-30-31-32-33-34-35-36-37-39-41-43-45-47-51(55)52-49(48-53)50(54)46-44-42-40-38-14-12-10-8-6-4-2/h5,7,11,13,16-17,19-20,22-23,25-26,28-29,31-32,34-35,37,39,44,46,49-50,53-54H,3-4,6,8-10,12,14-15,18,21,24,27,30,33,36,38,40-43,45,47-48H2,1-2H3,(H,52,55)/b7-5-,13-11-,17-16-,20-19-,23-22-,26-25-,29-28-,32-31-,35-34-,39-37-,46-44+. The molecule has 0 heterocycles. The minimum absolute atomic E-state index is 0.116. The number of nitrogens with one attached hydrogen (secondary N) is 1. The predicted octanol–water partition coefficient (Wildman–Crippen LogP) is 14.0. The van der Waals surface area contributed by atoms with Gasteiger partial charge in [0, 0.05) is 6.42 Å². The van der Waals surface area contributed by atoms with Crippen LogP contribution in [0.1, 0.15) is 162 Å². The fraction of sp³-hybridized carbons (Fsp3) is 0.549. The van der Waals surface area contributed by atoms with Gasteiger partial charge in [-0.2, -0.15) is 0 Å². The number of hydrogen-bond acceptors (Lipinski definition) is 3. The SMILES string of the molecule is CC/C=C\C/C=C\C/C=C\C/C=C\C/C=C\C/C=C\C/C=C\C/C=C\C/C=C\C/C=C\CCCCC(=O)NC(CO)C(O)/C=C/CCCCCCCCCC. The van der Waals surface area contributed by atoms with E-state index in [1.165, 1.54) is 44.9 Å². The van der Waals surface area contributed by atoms with Crippen molar-refractivity contribution >= 4 is 5.91 Å². The van der Waals surface area contributed by atoms with Gasteiger partial charge in [0.15, 0.2) is 0 Å². The van der Waals surface area contributed by atoms with E-state index < -0.39 is 12.1 Å². The second-order valence-corrected chi connectivity index (χ2v) is 14.0. The molecule has 308 valence electrons. The minimum atomic E-state index is -0.865. The molecule has 1 amide bonds. The molecule has 0 aliphatic carbocycles. The summed E-state index contributed by atoms with van der Waals surface area (Å²) in [4.78, 5) is 12.3. The van der Waals surface area contributed by atoms with Crippen LogP contribution in [0.2, 0.25) is 0 Å². The van der Waals surface area contributed by atoms with Crippen LogP contribution in [0.3, 0.4) is 0 Å². The van der Waals surface area contributed by atoms with Crippen LogP contribution >= 0.6 is 0 Å². The first kappa shape index (κ1) is 51.5. The van der Waals surface area contributed by atoms with Gasteiger partial charge in [0.2, 0.25) is 5.91 Å². The summed E-state index contributed by atoms with van der Waals surface area (Å²) in [5.41, 5.74) is 0. The van der Waals surface area contributed by atoms with Gasteiger partial charge >= 0.3 is 0 Å². The monoisotopic (exact) mass is 756 g/mol. The van der Waals surface area contributed by atoms with Crippen molar-refractivity contribution in [3.05, 3.63) is 134 Å². The highest BCUT2D eigenvalue weighted by Gasteiger charge is 2.17. The highest BCUT2D eigenvalue weighted by molar-refractivity contribution is 5.76. The van der Waals surface area contributed by atoms with Crippen LogP contribution in [-0.2, 0) is 4.79 Å². The maximum absolute atomic E-state index is 12.3. The van der Waals surface area contributed by atoms with Crippen LogP contribution in [0.15, 0.2) is 134 Å². The molecule has 0 spiro atoms. The van der Waals surface area contributed by atoms with Crippen molar-refractivity contribution in [2.24, 2.45) is 0 Å². The fourth-order valence-corrected chi connectivity index (χ4v) is 5.56. The Bertz CT molecular complexity index is 1180. The summed E-state index contributed by atoms with van der Waals surface area (Å²) < 4.78 is 0. The summed E-state index contributed by atoms with van der Waals surface area (Å²) >= 11 is 0. The second kappa shape index (κ2) is 44.9. The summed E-state index contributed by atoms with van der Waals surface area (Å²) in [5, 5.41) is 22.8. The lowest BCUT2D eigenvalue weighted by molar-refractivity contribution is -0.123. The normalized spacial score (nSPS) is 14.3. The molecule has 0 radical (unpaired) electrons. The molecule has 0 bridgehead atoms. The van der Waals surface area contributed by atoms with Crippen LogP contribution in [0, 0.1) is 0 Å². The van der Waals surface area contributed by atoms with E-state index in [0.717, 1.165) is 96.3 Å². The number of aliphatic hydroxyl groups excluding tert-OH is 2. The number of aliphatic hydroxyl groups is 2. The van der Waals surface area contributed by atoms with Crippen LogP contribution in [0.5, 0.6) is 0 Å². The molecule has 0 rings (SSSR count). The quantitative estimate of drug-likeness (QED) is 0.0437. The molecule has 0 fully saturated rings. The van der Waals surface area contributed by atoms with Crippen LogP contribution in [-0.4, -0.2) is 34.9 Å². The second-order valence-electron chi connectivity index (χ2n) is 14.0. The summed E-state index contributed by atoms with van der Waals surface area (Å²) in [6, 6.07) is -0.653.